The third-order valence-corrected chi connectivity index (χ3v) is 3.76. The molecule has 1 amide bonds. The first kappa shape index (κ1) is 17.0. The number of nitrogens with zero attached hydrogens (tertiary/aromatic N) is 1. The minimum atomic E-state index is -1.48. The third kappa shape index (κ3) is 3.07. The smallest absolute Gasteiger partial charge is 0.449 e. The van der Waals surface area contributed by atoms with Gasteiger partial charge in [0, 0.05) is 7.05 Å². The molecule has 1 aromatic rings. The number of carboxylic acid groups (broad SMARTS) is 1. The lowest BCUT2D eigenvalue weighted by Crippen LogP contribution is -2.46. The average molecular weight is 319 g/mol. The lowest BCUT2D eigenvalue weighted by molar-refractivity contribution is -0.219. The van der Waals surface area contributed by atoms with Crippen LogP contribution in [0.2, 0.25) is 0 Å². The minimum Gasteiger partial charge on any atom is -0.449 e. The van der Waals surface area contributed by atoms with Gasteiger partial charge < -0.3 is 9.84 Å². The SMILES string of the molecule is Cc1cc(C)c(C2=C(OC(=O)O)C(C)(C)ON(C)C2=O)c(C)c1. The van der Waals surface area contributed by atoms with Crippen LogP contribution >= 0.6 is 0 Å². The van der Waals surface area contributed by atoms with Gasteiger partial charge in [-0.25, -0.2) is 9.86 Å². The van der Waals surface area contributed by atoms with Gasteiger partial charge in [-0.15, -0.1) is 0 Å². The molecule has 0 radical (unpaired) electrons. The van der Waals surface area contributed by atoms with Crippen LogP contribution in [-0.2, 0) is 14.4 Å². The van der Waals surface area contributed by atoms with E-state index in [1.54, 1.807) is 13.8 Å². The van der Waals surface area contributed by atoms with Crippen LogP contribution in [0.5, 0.6) is 0 Å². The van der Waals surface area contributed by atoms with Crippen LogP contribution < -0.4 is 0 Å². The molecule has 6 nitrogen and oxygen atoms in total. The Hall–Kier alpha value is -2.34. The summed E-state index contributed by atoms with van der Waals surface area (Å²) in [6.45, 7) is 9.06. The number of aryl methyl sites for hydroxylation is 3. The van der Waals surface area contributed by atoms with Crippen molar-refractivity contribution in [1.82, 2.24) is 5.06 Å². The standard InChI is InChI=1S/C17H21NO5/c1-9-7-10(2)12(11(3)8-9)13-14(22-16(20)21)17(4,5)23-18(6)15(13)19/h7-8H,1-6H3,(H,20,21). The second-order valence-electron chi connectivity index (χ2n) is 6.25. The molecule has 1 aromatic carbocycles. The van der Waals surface area contributed by atoms with E-state index < -0.39 is 17.7 Å². The van der Waals surface area contributed by atoms with Crippen molar-refractivity contribution in [2.24, 2.45) is 0 Å². The van der Waals surface area contributed by atoms with E-state index in [0.29, 0.717) is 5.56 Å². The zero-order valence-corrected chi connectivity index (χ0v) is 14.2. The predicted octanol–water partition coefficient (Wildman–Crippen LogP) is 3.20. The van der Waals surface area contributed by atoms with Gasteiger partial charge in [0.05, 0.1) is 5.57 Å². The van der Waals surface area contributed by atoms with Gasteiger partial charge in [0.2, 0.25) is 0 Å². The Bertz CT molecular complexity index is 695. The lowest BCUT2D eigenvalue weighted by Gasteiger charge is -2.37. The van der Waals surface area contributed by atoms with Crippen LogP contribution in [0.1, 0.15) is 36.1 Å². The summed E-state index contributed by atoms with van der Waals surface area (Å²) in [6, 6.07) is 3.90. The Morgan fingerprint density at radius 1 is 1.22 bits per heavy atom. The van der Waals surface area contributed by atoms with Crippen molar-refractivity contribution >= 4 is 17.6 Å². The van der Waals surface area contributed by atoms with Gasteiger partial charge >= 0.3 is 6.16 Å². The molecule has 0 fully saturated rings. The Kier molecular flexibility index (Phi) is 4.22. The highest BCUT2D eigenvalue weighted by Gasteiger charge is 2.43. The number of hydrogen-bond donors (Lipinski definition) is 1. The van der Waals surface area contributed by atoms with E-state index in [4.69, 9.17) is 14.7 Å². The second kappa shape index (κ2) is 5.70. The number of carbonyl (C=O) groups is 2. The monoisotopic (exact) mass is 319 g/mol. The van der Waals surface area contributed by atoms with E-state index in [1.807, 2.05) is 32.9 Å². The van der Waals surface area contributed by atoms with Gasteiger partial charge in [-0.05, 0) is 51.3 Å². The van der Waals surface area contributed by atoms with E-state index in [1.165, 1.54) is 7.05 Å². The highest BCUT2D eigenvalue weighted by Crippen LogP contribution is 2.38. The molecule has 0 atom stereocenters. The summed E-state index contributed by atoms with van der Waals surface area (Å²) in [7, 11) is 1.50. The van der Waals surface area contributed by atoms with Gasteiger partial charge in [-0.1, -0.05) is 17.7 Å². The Balaban J connectivity index is 2.82. The highest BCUT2D eigenvalue weighted by molar-refractivity contribution is 6.21. The van der Waals surface area contributed by atoms with Crippen LogP contribution in [0, 0.1) is 20.8 Å². The lowest BCUT2D eigenvalue weighted by atomic mass is 9.88. The van der Waals surface area contributed by atoms with Gasteiger partial charge in [-0.2, -0.15) is 0 Å². The number of hydroxylamine groups is 2. The Morgan fingerprint density at radius 3 is 2.22 bits per heavy atom. The number of ether oxygens (including phenoxy) is 1. The van der Waals surface area contributed by atoms with Crippen LogP contribution in [-0.4, -0.2) is 34.9 Å². The molecule has 124 valence electrons. The number of hydrogen-bond acceptors (Lipinski definition) is 4. The molecular weight excluding hydrogens is 298 g/mol. The van der Waals surface area contributed by atoms with E-state index >= 15 is 0 Å². The van der Waals surface area contributed by atoms with Crippen LogP contribution in [0.15, 0.2) is 17.9 Å². The molecule has 23 heavy (non-hydrogen) atoms. The van der Waals surface area contributed by atoms with Crippen LogP contribution in [0.25, 0.3) is 5.57 Å². The maximum atomic E-state index is 12.7. The topological polar surface area (TPSA) is 76.1 Å². The summed E-state index contributed by atoms with van der Waals surface area (Å²) in [5.74, 6) is -0.432. The van der Waals surface area contributed by atoms with Crippen molar-refractivity contribution in [3.05, 3.63) is 40.1 Å². The summed E-state index contributed by atoms with van der Waals surface area (Å²) >= 11 is 0. The molecule has 1 heterocycles. The Morgan fingerprint density at radius 2 is 1.74 bits per heavy atom. The molecule has 0 unspecified atom stereocenters. The molecule has 1 N–H and O–H groups in total. The second-order valence-corrected chi connectivity index (χ2v) is 6.25. The molecule has 0 aliphatic carbocycles. The van der Waals surface area contributed by atoms with Gasteiger partial charge in [-0.3, -0.25) is 9.63 Å². The molecule has 0 spiro atoms. The molecule has 0 saturated carbocycles. The van der Waals surface area contributed by atoms with E-state index in [9.17, 15) is 9.59 Å². The molecule has 1 aliphatic heterocycles. The van der Waals surface area contributed by atoms with Crippen molar-refractivity contribution in [3.8, 4) is 0 Å². The first-order valence-corrected chi connectivity index (χ1v) is 7.25. The summed E-state index contributed by atoms with van der Waals surface area (Å²) in [6.07, 6.45) is -1.48. The number of likely N-dealkylation sites (N-methyl/N-ethyl adjacent to an activating group) is 1. The van der Waals surface area contributed by atoms with Crippen molar-refractivity contribution in [1.29, 1.82) is 0 Å². The average Bonchev–Trinajstić information content (AvgIpc) is 2.37. The summed E-state index contributed by atoms with van der Waals surface area (Å²) in [4.78, 5) is 29.3. The number of amides is 1. The van der Waals surface area contributed by atoms with Crippen LogP contribution in [0.4, 0.5) is 4.79 Å². The minimum absolute atomic E-state index is 0.00292. The van der Waals surface area contributed by atoms with Crippen molar-refractivity contribution in [3.63, 3.8) is 0 Å². The fraction of sp³-hybridized carbons (Fsp3) is 0.412. The summed E-state index contributed by atoms with van der Waals surface area (Å²) < 4.78 is 4.96. The maximum Gasteiger partial charge on any atom is 0.511 e. The molecule has 0 saturated heterocycles. The van der Waals surface area contributed by atoms with Gasteiger partial charge in [0.25, 0.3) is 5.91 Å². The van der Waals surface area contributed by atoms with Gasteiger partial charge in [0.15, 0.2) is 5.76 Å². The molecule has 0 bridgehead atoms. The number of benzene rings is 1. The number of carbonyl (C=O) groups excluding carboxylic acids is 1. The highest BCUT2D eigenvalue weighted by atomic mass is 16.7. The molecule has 0 aromatic heterocycles. The van der Waals surface area contributed by atoms with E-state index in [-0.39, 0.29) is 11.3 Å². The predicted molar refractivity (Wildman–Crippen MR) is 84.6 cm³/mol. The molecule has 1 aliphatic rings. The summed E-state index contributed by atoms with van der Waals surface area (Å²) in [5.41, 5.74) is 2.64. The normalized spacial score (nSPS) is 17.5. The molecule has 2 rings (SSSR count). The Labute approximate surface area is 135 Å². The van der Waals surface area contributed by atoms with Crippen molar-refractivity contribution in [2.45, 2.75) is 40.2 Å². The van der Waals surface area contributed by atoms with E-state index in [2.05, 4.69) is 0 Å². The first-order valence-electron chi connectivity index (χ1n) is 7.25. The van der Waals surface area contributed by atoms with Crippen molar-refractivity contribution < 1.29 is 24.3 Å². The quantitative estimate of drug-likeness (QED) is 0.847. The van der Waals surface area contributed by atoms with E-state index in [0.717, 1.165) is 21.8 Å². The van der Waals surface area contributed by atoms with Crippen molar-refractivity contribution in [2.75, 3.05) is 7.05 Å². The summed E-state index contributed by atoms with van der Waals surface area (Å²) in [5, 5.41) is 10.2. The zero-order chi connectivity index (χ0) is 17.5. The molecular formula is C17H21NO5. The van der Waals surface area contributed by atoms with Crippen LogP contribution in [0.3, 0.4) is 0 Å². The largest absolute Gasteiger partial charge is 0.511 e. The fourth-order valence-electron chi connectivity index (χ4n) is 3.04. The zero-order valence-electron chi connectivity index (χ0n) is 14.2. The first-order chi connectivity index (χ1) is 10.5. The van der Waals surface area contributed by atoms with Gasteiger partial charge in [0.1, 0.15) is 5.60 Å². The third-order valence-electron chi connectivity index (χ3n) is 3.76. The molecule has 6 heteroatoms. The maximum absolute atomic E-state index is 12.7. The fourth-order valence-corrected chi connectivity index (χ4v) is 3.04. The number of rotatable bonds is 2.